The van der Waals surface area contributed by atoms with Gasteiger partial charge in [-0.25, -0.2) is 0 Å². The van der Waals surface area contributed by atoms with E-state index in [1.807, 2.05) is 25.1 Å². The molecule has 0 radical (unpaired) electrons. The van der Waals surface area contributed by atoms with Crippen LogP contribution in [0.15, 0.2) is 18.2 Å². The minimum Gasteiger partial charge on any atom is -0.380 e. The van der Waals surface area contributed by atoms with Crippen LogP contribution >= 0.6 is 0 Å². The predicted molar refractivity (Wildman–Crippen MR) is 72.9 cm³/mol. The van der Waals surface area contributed by atoms with Crippen molar-refractivity contribution in [2.45, 2.75) is 38.2 Å². The fourth-order valence-electron chi connectivity index (χ4n) is 2.66. The maximum absolute atomic E-state index is 12.1. The number of aromatic nitrogens is 2. The van der Waals surface area contributed by atoms with Gasteiger partial charge in [-0.2, -0.15) is 5.10 Å². The number of carbonyl (C=O) groups is 1. The number of anilines is 1. The van der Waals surface area contributed by atoms with Crippen LogP contribution in [0.4, 0.5) is 5.69 Å². The standard InChI is InChI=1S/C14H17N3O2/c1-9-11-5-4-10(8-12(11)17-16-9)15-13(18)14(19)6-2-3-7-14/h4-5,8,19H,2-3,6-7H2,1H3,(H,15,18)(H,16,17). The summed E-state index contributed by atoms with van der Waals surface area (Å²) in [6.07, 6.45) is 2.90. The normalized spacial score (nSPS) is 17.8. The molecule has 0 spiro atoms. The van der Waals surface area contributed by atoms with E-state index in [0.717, 1.165) is 29.4 Å². The summed E-state index contributed by atoms with van der Waals surface area (Å²) >= 11 is 0. The highest BCUT2D eigenvalue weighted by Crippen LogP contribution is 2.31. The number of aromatic amines is 1. The predicted octanol–water partition coefficient (Wildman–Crippen LogP) is 2.11. The molecule has 1 amide bonds. The Balaban J connectivity index is 1.83. The van der Waals surface area contributed by atoms with Crippen LogP contribution in [0.2, 0.25) is 0 Å². The van der Waals surface area contributed by atoms with Crippen molar-refractivity contribution < 1.29 is 9.90 Å². The number of hydrogen-bond acceptors (Lipinski definition) is 3. The molecule has 0 unspecified atom stereocenters. The molecule has 19 heavy (non-hydrogen) atoms. The molecular weight excluding hydrogens is 242 g/mol. The zero-order valence-electron chi connectivity index (χ0n) is 10.9. The zero-order chi connectivity index (χ0) is 13.5. The second kappa shape index (κ2) is 4.35. The molecule has 5 heteroatoms. The SMILES string of the molecule is Cc1[nH]nc2cc(NC(=O)C3(O)CCCC3)ccc12. The van der Waals surface area contributed by atoms with Crippen molar-refractivity contribution in [3.63, 3.8) is 0 Å². The van der Waals surface area contributed by atoms with Crippen LogP contribution in [-0.2, 0) is 4.79 Å². The van der Waals surface area contributed by atoms with Crippen molar-refractivity contribution in [3.05, 3.63) is 23.9 Å². The Labute approximate surface area is 111 Å². The average Bonchev–Trinajstić information content (AvgIpc) is 2.98. The molecule has 1 aromatic heterocycles. The largest absolute Gasteiger partial charge is 0.380 e. The first-order valence-electron chi connectivity index (χ1n) is 6.57. The summed E-state index contributed by atoms with van der Waals surface area (Å²) in [6, 6.07) is 5.57. The van der Waals surface area contributed by atoms with Gasteiger partial charge < -0.3 is 10.4 Å². The number of aliphatic hydroxyl groups is 1. The lowest BCUT2D eigenvalue weighted by molar-refractivity contribution is -0.133. The number of aryl methyl sites for hydroxylation is 1. The summed E-state index contributed by atoms with van der Waals surface area (Å²) < 4.78 is 0. The number of H-pyrrole nitrogens is 1. The smallest absolute Gasteiger partial charge is 0.256 e. The van der Waals surface area contributed by atoms with E-state index in [1.54, 1.807) is 0 Å². The Morgan fingerprint density at radius 3 is 2.89 bits per heavy atom. The molecule has 1 aliphatic carbocycles. The van der Waals surface area contributed by atoms with Crippen LogP contribution in [-0.4, -0.2) is 26.8 Å². The third-order valence-corrected chi connectivity index (χ3v) is 3.86. The molecular formula is C14H17N3O2. The van der Waals surface area contributed by atoms with Crippen molar-refractivity contribution in [1.82, 2.24) is 10.2 Å². The minimum atomic E-state index is -1.20. The summed E-state index contributed by atoms with van der Waals surface area (Å²) in [4.78, 5) is 12.1. The molecule has 0 aliphatic heterocycles. The first kappa shape index (κ1) is 12.2. The van der Waals surface area contributed by atoms with E-state index < -0.39 is 5.60 Å². The van der Waals surface area contributed by atoms with Gasteiger partial charge in [-0.15, -0.1) is 0 Å². The maximum atomic E-state index is 12.1. The first-order chi connectivity index (χ1) is 9.08. The second-order valence-electron chi connectivity index (χ2n) is 5.27. The van der Waals surface area contributed by atoms with Crippen molar-refractivity contribution in [1.29, 1.82) is 0 Å². The number of hydrogen-bond donors (Lipinski definition) is 3. The average molecular weight is 259 g/mol. The minimum absolute atomic E-state index is 0.309. The highest BCUT2D eigenvalue weighted by molar-refractivity contribution is 5.99. The summed E-state index contributed by atoms with van der Waals surface area (Å²) in [5, 5.41) is 21.1. The number of rotatable bonds is 2. The number of carbonyl (C=O) groups excluding carboxylic acids is 1. The van der Waals surface area contributed by atoms with Crippen molar-refractivity contribution >= 4 is 22.5 Å². The number of amides is 1. The number of nitrogens with one attached hydrogen (secondary N) is 2. The quantitative estimate of drug-likeness (QED) is 0.773. The van der Waals surface area contributed by atoms with Crippen LogP contribution in [0.5, 0.6) is 0 Å². The summed E-state index contributed by atoms with van der Waals surface area (Å²) in [5.41, 5.74) is 1.29. The van der Waals surface area contributed by atoms with Crippen LogP contribution in [0.3, 0.4) is 0 Å². The van der Waals surface area contributed by atoms with Gasteiger partial charge in [0, 0.05) is 16.8 Å². The van der Waals surface area contributed by atoms with E-state index in [-0.39, 0.29) is 5.91 Å². The summed E-state index contributed by atoms with van der Waals surface area (Å²) in [5.74, 6) is -0.309. The third-order valence-electron chi connectivity index (χ3n) is 3.86. The lowest BCUT2D eigenvalue weighted by Crippen LogP contribution is -2.40. The van der Waals surface area contributed by atoms with Gasteiger partial charge in [0.25, 0.3) is 5.91 Å². The fourth-order valence-corrected chi connectivity index (χ4v) is 2.66. The molecule has 3 N–H and O–H groups in total. The van der Waals surface area contributed by atoms with Crippen LogP contribution in [0.1, 0.15) is 31.4 Å². The number of benzene rings is 1. The number of fused-ring (bicyclic) bond motifs is 1. The zero-order valence-corrected chi connectivity index (χ0v) is 10.9. The van der Waals surface area contributed by atoms with E-state index in [4.69, 9.17) is 0 Å². The summed E-state index contributed by atoms with van der Waals surface area (Å²) in [6.45, 7) is 1.95. The molecule has 3 rings (SSSR count). The van der Waals surface area contributed by atoms with Crippen LogP contribution in [0, 0.1) is 6.92 Å². The third kappa shape index (κ3) is 2.10. The second-order valence-corrected chi connectivity index (χ2v) is 5.27. The number of nitrogens with zero attached hydrogens (tertiary/aromatic N) is 1. The van der Waals surface area contributed by atoms with Gasteiger partial charge in [-0.3, -0.25) is 9.89 Å². The van der Waals surface area contributed by atoms with Gasteiger partial charge in [0.15, 0.2) is 0 Å². The Kier molecular flexibility index (Phi) is 2.78. The van der Waals surface area contributed by atoms with E-state index in [1.165, 1.54) is 0 Å². The molecule has 1 aliphatic rings. The van der Waals surface area contributed by atoms with Gasteiger partial charge in [0.2, 0.25) is 0 Å². The highest BCUT2D eigenvalue weighted by atomic mass is 16.3. The molecule has 5 nitrogen and oxygen atoms in total. The Morgan fingerprint density at radius 2 is 2.16 bits per heavy atom. The van der Waals surface area contributed by atoms with Gasteiger partial charge in [-0.1, -0.05) is 0 Å². The molecule has 100 valence electrons. The fraction of sp³-hybridized carbons (Fsp3) is 0.429. The van der Waals surface area contributed by atoms with Gasteiger partial charge in [-0.05, 0) is 50.8 Å². The van der Waals surface area contributed by atoms with Gasteiger partial charge in [0.1, 0.15) is 5.60 Å². The van der Waals surface area contributed by atoms with Crippen molar-refractivity contribution in [2.24, 2.45) is 0 Å². The lowest BCUT2D eigenvalue weighted by atomic mass is 10.0. The molecule has 1 aromatic carbocycles. The van der Waals surface area contributed by atoms with E-state index in [2.05, 4.69) is 15.5 Å². The van der Waals surface area contributed by atoms with E-state index in [0.29, 0.717) is 18.5 Å². The maximum Gasteiger partial charge on any atom is 0.256 e. The molecule has 0 atom stereocenters. The molecule has 1 fully saturated rings. The van der Waals surface area contributed by atoms with E-state index in [9.17, 15) is 9.90 Å². The van der Waals surface area contributed by atoms with E-state index >= 15 is 0 Å². The molecule has 0 saturated heterocycles. The topological polar surface area (TPSA) is 78.0 Å². The monoisotopic (exact) mass is 259 g/mol. The van der Waals surface area contributed by atoms with Crippen molar-refractivity contribution in [2.75, 3.05) is 5.32 Å². The van der Waals surface area contributed by atoms with Gasteiger partial charge in [0.05, 0.1) is 5.52 Å². The highest BCUT2D eigenvalue weighted by Gasteiger charge is 2.38. The molecule has 0 bridgehead atoms. The van der Waals surface area contributed by atoms with Gasteiger partial charge >= 0.3 is 0 Å². The Morgan fingerprint density at radius 1 is 1.42 bits per heavy atom. The van der Waals surface area contributed by atoms with Crippen LogP contribution < -0.4 is 5.32 Å². The van der Waals surface area contributed by atoms with Crippen molar-refractivity contribution in [3.8, 4) is 0 Å². The molecule has 1 saturated carbocycles. The Hall–Kier alpha value is -1.88. The Bertz CT molecular complexity index is 627. The molecule has 2 aromatic rings. The lowest BCUT2D eigenvalue weighted by Gasteiger charge is -2.20. The molecule has 1 heterocycles. The van der Waals surface area contributed by atoms with Crippen LogP contribution in [0.25, 0.3) is 10.9 Å². The summed E-state index contributed by atoms with van der Waals surface area (Å²) in [7, 11) is 0. The first-order valence-corrected chi connectivity index (χ1v) is 6.57.